The summed E-state index contributed by atoms with van der Waals surface area (Å²) in [5.41, 5.74) is 1.91. The third kappa shape index (κ3) is 3.94. The molecule has 106 valence electrons. The number of nitrogens with zero attached hydrogens (tertiary/aromatic N) is 1. The number of esters is 1. The maximum atomic E-state index is 11.5. The molecule has 4 nitrogen and oxygen atoms in total. The molecule has 5 heteroatoms. The van der Waals surface area contributed by atoms with Crippen LogP contribution in [-0.4, -0.2) is 12.6 Å². The third-order valence-electron chi connectivity index (χ3n) is 2.66. The van der Waals surface area contributed by atoms with Gasteiger partial charge in [-0.3, -0.25) is 0 Å². The van der Waals surface area contributed by atoms with Gasteiger partial charge in [-0.25, -0.2) is 4.79 Å². The molecule has 21 heavy (non-hydrogen) atoms. The van der Waals surface area contributed by atoms with E-state index in [0.717, 1.165) is 16.1 Å². The lowest BCUT2D eigenvalue weighted by molar-refractivity contribution is -0.138. The summed E-state index contributed by atoms with van der Waals surface area (Å²) in [7, 11) is 0. The number of rotatable bonds is 5. The zero-order valence-corrected chi connectivity index (χ0v) is 12.3. The first kappa shape index (κ1) is 14.8. The summed E-state index contributed by atoms with van der Waals surface area (Å²) in [4.78, 5) is 12.6. The maximum Gasteiger partial charge on any atom is 0.350 e. The normalized spacial score (nSPS) is 10.8. The molecule has 2 rings (SSSR count). The lowest BCUT2D eigenvalue weighted by Gasteiger charge is -2.00. The molecule has 0 saturated carbocycles. The molecule has 0 fully saturated rings. The minimum absolute atomic E-state index is 0.0516. The number of ether oxygens (including phenoxy) is 1. The molecule has 0 unspecified atom stereocenters. The molecule has 0 spiro atoms. The minimum Gasteiger partial charge on any atom is -0.462 e. The second-order valence-corrected chi connectivity index (χ2v) is 5.01. The van der Waals surface area contributed by atoms with Gasteiger partial charge in [-0.2, -0.15) is 5.26 Å². The van der Waals surface area contributed by atoms with Crippen LogP contribution >= 0.6 is 11.3 Å². The standard InChI is InChI=1S/C16H14N2O2S/c1-2-20-16(19)13(9-17)10-18-14-8-15(21-11-14)12-6-4-3-5-7-12/h3-8,10-11,18H,2H2,1H3/b13-10+. The molecule has 1 aromatic heterocycles. The summed E-state index contributed by atoms with van der Waals surface area (Å²) in [5, 5.41) is 13.8. The third-order valence-corrected chi connectivity index (χ3v) is 3.64. The summed E-state index contributed by atoms with van der Waals surface area (Å²) < 4.78 is 4.79. The largest absolute Gasteiger partial charge is 0.462 e. The van der Waals surface area contributed by atoms with Crippen molar-refractivity contribution < 1.29 is 9.53 Å². The van der Waals surface area contributed by atoms with Gasteiger partial charge in [0, 0.05) is 22.1 Å². The first-order valence-corrected chi connectivity index (χ1v) is 7.30. The highest BCUT2D eigenvalue weighted by molar-refractivity contribution is 7.14. The molecule has 0 aliphatic rings. The number of thiophene rings is 1. The predicted molar refractivity (Wildman–Crippen MR) is 83.7 cm³/mol. The second-order valence-electron chi connectivity index (χ2n) is 4.10. The number of carbonyl (C=O) groups excluding carboxylic acids is 1. The number of nitriles is 1. The van der Waals surface area contributed by atoms with Crippen molar-refractivity contribution in [2.24, 2.45) is 0 Å². The fourth-order valence-corrected chi connectivity index (χ4v) is 2.52. The summed E-state index contributed by atoms with van der Waals surface area (Å²) in [5.74, 6) is -0.619. The van der Waals surface area contributed by atoms with Crippen LogP contribution in [0.3, 0.4) is 0 Å². The monoisotopic (exact) mass is 298 g/mol. The lowest BCUT2D eigenvalue weighted by Crippen LogP contribution is -2.07. The van der Waals surface area contributed by atoms with Gasteiger partial charge in [0.1, 0.15) is 6.07 Å². The van der Waals surface area contributed by atoms with Crippen molar-refractivity contribution in [1.29, 1.82) is 5.26 Å². The number of hydrogen-bond donors (Lipinski definition) is 1. The molecule has 0 aliphatic heterocycles. The Kier molecular flexibility index (Phi) is 5.13. The fourth-order valence-electron chi connectivity index (χ4n) is 1.67. The van der Waals surface area contributed by atoms with Crippen molar-refractivity contribution >= 4 is 23.0 Å². The van der Waals surface area contributed by atoms with Gasteiger partial charge in [-0.15, -0.1) is 11.3 Å². The van der Waals surface area contributed by atoms with Crippen molar-refractivity contribution in [2.45, 2.75) is 6.92 Å². The maximum absolute atomic E-state index is 11.5. The summed E-state index contributed by atoms with van der Waals surface area (Å²) >= 11 is 1.59. The van der Waals surface area contributed by atoms with Gasteiger partial charge < -0.3 is 10.1 Å². The molecule has 0 saturated heterocycles. The smallest absolute Gasteiger partial charge is 0.350 e. The molecule has 0 aliphatic carbocycles. The average Bonchev–Trinajstić information content (AvgIpc) is 2.98. The van der Waals surface area contributed by atoms with Crippen LogP contribution in [0.4, 0.5) is 5.69 Å². The summed E-state index contributed by atoms with van der Waals surface area (Å²) in [6, 6.07) is 13.8. The van der Waals surface area contributed by atoms with E-state index in [9.17, 15) is 4.79 Å². The van der Waals surface area contributed by atoms with Crippen LogP contribution in [-0.2, 0) is 9.53 Å². The quantitative estimate of drug-likeness (QED) is 0.518. The fraction of sp³-hybridized carbons (Fsp3) is 0.125. The Morgan fingerprint density at radius 3 is 2.86 bits per heavy atom. The molecule has 1 aromatic carbocycles. The van der Waals surface area contributed by atoms with E-state index in [1.165, 1.54) is 6.20 Å². The van der Waals surface area contributed by atoms with Crippen molar-refractivity contribution in [3.8, 4) is 16.5 Å². The van der Waals surface area contributed by atoms with Gasteiger partial charge in [-0.1, -0.05) is 30.3 Å². The van der Waals surface area contributed by atoms with E-state index in [-0.39, 0.29) is 12.2 Å². The Morgan fingerprint density at radius 2 is 2.19 bits per heavy atom. The number of carbonyl (C=O) groups is 1. The van der Waals surface area contributed by atoms with E-state index in [4.69, 9.17) is 10.00 Å². The van der Waals surface area contributed by atoms with Gasteiger partial charge in [-0.05, 0) is 18.6 Å². The van der Waals surface area contributed by atoms with Gasteiger partial charge in [0.05, 0.1) is 6.61 Å². The molecular formula is C16H14N2O2S. The Hall–Kier alpha value is -2.58. The number of benzene rings is 1. The molecule has 1 N–H and O–H groups in total. The van der Waals surface area contributed by atoms with Crippen molar-refractivity contribution in [3.63, 3.8) is 0 Å². The Balaban J connectivity index is 2.09. The lowest BCUT2D eigenvalue weighted by atomic mass is 10.2. The molecule has 2 aromatic rings. The number of nitrogens with one attached hydrogen (secondary N) is 1. The Labute approximate surface area is 127 Å². The Morgan fingerprint density at radius 1 is 1.43 bits per heavy atom. The summed E-state index contributed by atoms with van der Waals surface area (Å²) in [6.07, 6.45) is 1.37. The van der Waals surface area contributed by atoms with Crippen molar-refractivity contribution in [2.75, 3.05) is 11.9 Å². The average molecular weight is 298 g/mol. The van der Waals surface area contributed by atoms with Gasteiger partial charge >= 0.3 is 5.97 Å². The van der Waals surface area contributed by atoms with E-state index >= 15 is 0 Å². The van der Waals surface area contributed by atoms with E-state index in [1.807, 2.05) is 47.8 Å². The van der Waals surface area contributed by atoms with Gasteiger partial charge in [0.15, 0.2) is 5.57 Å². The summed E-state index contributed by atoms with van der Waals surface area (Å²) in [6.45, 7) is 1.94. The molecule has 0 amide bonds. The highest BCUT2D eigenvalue weighted by Crippen LogP contribution is 2.29. The van der Waals surface area contributed by atoms with Crippen LogP contribution in [0.15, 0.2) is 53.6 Å². The van der Waals surface area contributed by atoms with Crippen LogP contribution in [0.25, 0.3) is 10.4 Å². The van der Waals surface area contributed by atoms with Crippen LogP contribution < -0.4 is 5.32 Å². The van der Waals surface area contributed by atoms with Crippen molar-refractivity contribution in [1.82, 2.24) is 0 Å². The SMILES string of the molecule is CCOC(=O)/C(C#N)=C/Nc1csc(-c2ccccc2)c1. The van der Waals surface area contributed by atoms with E-state index in [0.29, 0.717) is 0 Å². The molecular weight excluding hydrogens is 284 g/mol. The van der Waals surface area contributed by atoms with E-state index in [1.54, 1.807) is 18.3 Å². The van der Waals surface area contributed by atoms with Crippen LogP contribution in [0, 0.1) is 11.3 Å². The highest BCUT2D eigenvalue weighted by Gasteiger charge is 2.09. The second kappa shape index (κ2) is 7.27. The minimum atomic E-state index is -0.619. The zero-order valence-electron chi connectivity index (χ0n) is 11.5. The molecule has 1 heterocycles. The van der Waals surface area contributed by atoms with E-state index < -0.39 is 5.97 Å². The first-order chi connectivity index (χ1) is 10.2. The van der Waals surface area contributed by atoms with Crippen LogP contribution in [0.1, 0.15) is 6.92 Å². The van der Waals surface area contributed by atoms with Gasteiger partial charge in [0.2, 0.25) is 0 Å². The topological polar surface area (TPSA) is 62.1 Å². The van der Waals surface area contributed by atoms with Crippen LogP contribution in [0.2, 0.25) is 0 Å². The first-order valence-electron chi connectivity index (χ1n) is 6.42. The van der Waals surface area contributed by atoms with Crippen molar-refractivity contribution in [3.05, 3.63) is 53.6 Å². The zero-order chi connectivity index (χ0) is 15.1. The molecule has 0 bridgehead atoms. The Bertz CT molecular complexity index is 684. The van der Waals surface area contributed by atoms with Crippen LogP contribution in [0.5, 0.6) is 0 Å². The number of hydrogen-bond acceptors (Lipinski definition) is 5. The number of anilines is 1. The van der Waals surface area contributed by atoms with Gasteiger partial charge in [0.25, 0.3) is 0 Å². The molecule has 0 atom stereocenters. The predicted octanol–water partition coefficient (Wildman–Crippen LogP) is 3.80. The molecule has 0 radical (unpaired) electrons. The highest BCUT2D eigenvalue weighted by atomic mass is 32.1. The van der Waals surface area contributed by atoms with E-state index in [2.05, 4.69) is 5.32 Å².